The third kappa shape index (κ3) is 5.00. The number of esters is 1. The van der Waals surface area contributed by atoms with Crippen molar-refractivity contribution in [2.45, 2.75) is 69.8 Å². The van der Waals surface area contributed by atoms with Crippen molar-refractivity contribution in [3.05, 3.63) is 66.3 Å². The second-order valence-corrected chi connectivity index (χ2v) is 10.7. The molecule has 7 nitrogen and oxygen atoms in total. The lowest BCUT2D eigenvalue weighted by Gasteiger charge is -2.49. The van der Waals surface area contributed by atoms with Gasteiger partial charge < -0.3 is 25.4 Å². The van der Waals surface area contributed by atoms with E-state index in [0.717, 1.165) is 24.8 Å². The lowest BCUT2D eigenvalue weighted by molar-refractivity contribution is -0.182. The standard InChI is InChI=1S/C29H37NO6/c1-17-6-4-8-21(31)14-15-25(33)36-29-23(9-5-7-17)27(34)19(3)18(2)26(29)24(30-28(29)35)16-20-10-12-22(32)13-11-20/h5,9-15,17-18,21,23-24,26-27,31-32,34H,3-4,6-8,16H2,1-2H3,(H,30,35)/t17-,18-,21-,23+,24+,26+,27-,29-/m1/s1. The summed E-state index contributed by atoms with van der Waals surface area (Å²) in [4.78, 5) is 26.8. The summed E-state index contributed by atoms with van der Waals surface area (Å²) in [5, 5.41) is 34.3. The number of amides is 1. The van der Waals surface area contributed by atoms with E-state index >= 15 is 0 Å². The fourth-order valence-corrected chi connectivity index (χ4v) is 6.11. The molecule has 8 atom stereocenters. The van der Waals surface area contributed by atoms with Gasteiger partial charge in [0, 0.05) is 18.0 Å². The van der Waals surface area contributed by atoms with Gasteiger partial charge in [-0.05, 0) is 60.4 Å². The maximum Gasteiger partial charge on any atom is 0.331 e. The van der Waals surface area contributed by atoms with Crippen LogP contribution in [0.2, 0.25) is 0 Å². The summed E-state index contributed by atoms with van der Waals surface area (Å²) < 4.78 is 6.03. The molecule has 0 radical (unpaired) electrons. The molecule has 3 aliphatic rings. The van der Waals surface area contributed by atoms with E-state index in [9.17, 15) is 24.9 Å². The molecule has 0 unspecified atom stereocenters. The zero-order valence-corrected chi connectivity index (χ0v) is 21.0. The van der Waals surface area contributed by atoms with Crippen molar-refractivity contribution < 1.29 is 29.6 Å². The van der Waals surface area contributed by atoms with Crippen LogP contribution in [0.5, 0.6) is 5.75 Å². The Morgan fingerprint density at radius 2 is 1.83 bits per heavy atom. The first-order chi connectivity index (χ1) is 17.1. The van der Waals surface area contributed by atoms with Crippen molar-refractivity contribution in [2.24, 2.45) is 23.7 Å². The van der Waals surface area contributed by atoms with Crippen LogP contribution < -0.4 is 5.32 Å². The molecule has 1 saturated carbocycles. The van der Waals surface area contributed by atoms with Gasteiger partial charge in [-0.2, -0.15) is 0 Å². The molecular weight excluding hydrogens is 458 g/mol. The van der Waals surface area contributed by atoms with Crippen molar-refractivity contribution in [2.75, 3.05) is 0 Å². The van der Waals surface area contributed by atoms with Crippen molar-refractivity contribution in [1.82, 2.24) is 5.32 Å². The number of carbonyl (C=O) groups excluding carboxylic acids is 2. The topological polar surface area (TPSA) is 116 Å². The molecule has 194 valence electrons. The molecule has 4 rings (SSSR count). The van der Waals surface area contributed by atoms with Gasteiger partial charge in [0.05, 0.1) is 18.1 Å². The van der Waals surface area contributed by atoms with E-state index < -0.39 is 41.5 Å². The van der Waals surface area contributed by atoms with Gasteiger partial charge in [-0.25, -0.2) is 4.79 Å². The molecule has 4 N–H and O–H groups in total. The number of nitrogens with one attached hydrogen (secondary N) is 1. The summed E-state index contributed by atoms with van der Waals surface area (Å²) in [6.07, 6.45) is 8.04. The fraction of sp³-hybridized carbons (Fsp3) is 0.517. The van der Waals surface area contributed by atoms with E-state index in [1.54, 1.807) is 24.3 Å². The van der Waals surface area contributed by atoms with Crippen molar-refractivity contribution >= 4 is 11.9 Å². The Bertz CT molecular complexity index is 1050. The summed E-state index contributed by atoms with van der Waals surface area (Å²) in [5.74, 6) is -2.24. The Labute approximate surface area is 212 Å². The zero-order chi connectivity index (χ0) is 26.0. The molecule has 1 spiro atoms. The number of hydrogen-bond donors (Lipinski definition) is 4. The van der Waals surface area contributed by atoms with Gasteiger partial charge >= 0.3 is 5.97 Å². The summed E-state index contributed by atoms with van der Waals surface area (Å²) in [6, 6.07) is 6.41. The predicted molar refractivity (Wildman–Crippen MR) is 136 cm³/mol. The number of phenolic OH excluding ortho intramolecular Hbond substituents is 1. The molecule has 1 saturated heterocycles. The first kappa shape index (κ1) is 26.2. The van der Waals surface area contributed by atoms with Gasteiger partial charge in [0.2, 0.25) is 5.60 Å². The maximum absolute atomic E-state index is 13.8. The first-order valence-electron chi connectivity index (χ1n) is 12.8. The normalized spacial score (nSPS) is 37.4. The van der Waals surface area contributed by atoms with E-state index in [1.807, 2.05) is 19.1 Å². The number of ether oxygens (including phenoxy) is 1. The lowest BCUT2D eigenvalue weighted by Crippen LogP contribution is -2.61. The molecule has 2 heterocycles. The minimum absolute atomic E-state index is 0.154. The number of aromatic hydroxyl groups is 1. The van der Waals surface area contributed by atoms with Crippen LogP contribution in [0.25, 0.3) is 0 Å². The maximum atomic E-state index is 13.8. The van der Waals surface area contributed by atoms with Crippen LogP contribution in [0.15, 0.2) is 60.7 Å². The third-order valence-corrected chi connectivity index (χ3v) is 8.13. The van der Waals surface area contributed by atoms with Gasteiger partial charge in [-0.15, -0.1) is 0 Å². The van der Waals surface area contributed by atoms with E-state index in [1.165, 1.54) is 12.2 Å². The number of carbonyl (C=O) groups is 2. The van der Waals surface area contributed by atoms with Crippen molar-refractivity contribution in [1.29, 1.82) is 0 Å². The number of hydrogen-bond acceptors (Lipinski definition) is 6. The minimum Gasteiger partial charge on any atom is -0.508 e. The number of aliphatic hydroxyl groups excluding tert-OH is 2. The quantitative estimate of drug-likeness (QED) is 0.370. The van der Waals surface area contributed by atoms with E-state index in [0.29, 0.717) is 24.3 Å². The summed E-state index contributed by atoms with van der Waals surface area (Å²) in [5.41, 5.74) is -0.110. The predicted octanol–water partition coefficient (Wildman–Crippen LogP) is 3.20. The highest BCUT2D eigenvalue weighted by Crippen LogP contribution is 2.52. The molecule has 0 aromatic heterocycles. The minimum atomic E-state index is -1.63. The Morgan fingerprint density at radius 1 is 1.11 bits per heavy atom. The van der Waals surface area contributed by atoms with Crippen LogP contribution in [0.1, 0.15) is 45.1 Å². The average molecular weight is 496 g/mol. The summed E-state index contributed by atoms with van der Waals surface area (Å²) in [7, 11) is 0. The van der Waals surface area contributed by atoms with Crippen molar-refractivity contribution in [3.8, 4) is 5.75 Å². The smallest absolute Gasteiger partial charge is 0.331 e. The second-order valence-electron chi connectivity index (χ2n) is 10.7. The Hall–Kier alpha value is -2.90. The molecule has 2 fully saturated rings. The SMILES string of the molecule is C=C1[C@@H](C)[C@H]2[C@H](Cc3ccc(O)cc3)NC(=O)[C@]23OC(=O)C=C[C@H](O)CCC[C@@H](C)CC=C[C@H]3[C@@H]1O. The number of phenols is 1. The Morgan fingerprint density at radius 3 is 2.56 bits per heavy atom. The van der Waals surface area contributed by atoms with Crippen LogP contribution in [0.4, 0.5) is 0 Å². The van der Waals surface area contributed by atoms with E-state index in [-0.39, 0.29) is 17.7 Å². The number of rotatable bonds is 2. The molecule has 1 amide bonds. The molecular formula is C29H37NO6. The molecule has 2 aliphatic heterocycles. The van der Waals surface area contributed by atoms with Gasteiger partial charge in [-0.1, -0.05) is 57.6 Å². The van der Waals surface area contributed by atoms with E-state index in [2.05, 4.69) is 18.8 Å². The molecule has 1 aliphatic carbocycles. The largest absolute Gasteiger partial charge is 0.508 e. The number of aliphatic hydroxyl groups is 2. The van der Waals surface area contributed by atoms with Gasteiger partial charge in [0.15, 0.2) is 0 Å². The number of allylic oxidation sites excluding steroid dienone is 1. The monoisotopic (exact) mass is 495 g/mol. The van der Waals surface area contributed by atoms with Gasteiger partial charge in [0.1, 0.15) is 5.75 Å². The molecule has 36 heavy (non-hydrogen) atoms. The fourth-order valence-electron chi connectivity index (χ4n) is 6.11. The highest BCUT2D eigenvalue weighted by atomic mass is 16.6. The first-order valence-corrected chi connectivity index (χ1v) is 12.8. The molecule has 1 aromatic rings. The van der Waals surface area contributed by atoms with Crippen LogP contribution in [0.3, 0.4) is 0 Å². The summed E-state index contributed by atoms with van der Waals surface area (Å²) >= 11 is 0. The number of benzene rings is 1. The van der Waals surface area contributed by atoms with Gasteiger partial charge in [-0.3, -0.25) is 4.79 Å². The van der Waals surface area contributed by atoms with E-state index in [4.69, 9.17) is 4.74 Å². The second kappa shape index (κ2) is 10.6. The van der Waals surface area contributed by atoms with Gasteiger partial charge in [0.25, 0.3) is 5.91 Å². The Balaban J connectivity index is 1.77. The highest BCUT2D eigenvalue weighted by Gasteiger charge is 2.67. The zero-order valence-electron chi connectivity index (χ0n) is 21.0. The van der Waals surface area contributed by atoms with Crippen LogP contribution in [-0.2, 0) is 20.7 Å². The van der Waals surface area contributed by atoms with Crippen molar-refractivity contribution in [3.63, 3.8) is 0 Å². The molecule has 0 bridgehead atoms. The molecule has 1 aromatic carbocycles. The lowest BCUT2D eigenvalue weighted by atomic mass is 9.59. The van der Waals surface area contributed by atoms with Crippen LogP contribution >= 0.6 is 0 Å². The summed E-state index contributed by atoms with van der Waals surface area (Å²) in [6.45, 7) is 8.20. The molecule has 7 heteroatoms. The third-order valence-electron chi connectivity index (χ3n) is 8.13. The average Bonchev–Trinajstić information content (AvgIpc) is 3.10. The van der Waals surface area contributed by atoms with Crippen LogP contribution in [0, 0.1) is 23.7 Å². The van der Waals surface area contributed by atoms with Crippen LogP contribution in [-0.4, -0.2) is 51.0 Å². The highest BCUT2D eigenvalue weighted by molar-refractivity contribution is 5.94. The Kier molecular flexibility index (Phi) is 7.71.